The first-order valence-corrected chi connectivity index (χ1v) is 4.61. The number of carboxylic acids is 1. The molecular weight excluding hydrogens is 178 g/mol. The van der Waals surface area contributed by atoms with Crippen molar-refractivity contribution in [1.82, 2.24) is 0 Å². The third-order valence-corrected chi connectivity index (χ3v) is 2.30. The van der Waals surface area contributed by atoms with E-state index in [1.807, 2.05) is 32.0 Å². The zero-order valence-electron chi connectivity index (χ0n) is 8.54. The summed E-state index contributed by atoms with van der Waals surface area (Å²) < 4.78 is 0. The van der Waals surface area contributed by atoms with E-state index in [1.165, 1.54) is 0 Å². The van der Waals surface area contributed by atoms with Gasteiger partial charge in [0.1, 0.15) is 6.04 Å². The van der Waals surface area contributed by atoms with Crippen molar-refractivity contribution in [2.75, 3.05) is 0 Å². The van der Waals surface area contributed by atoms with Crippen LogP contribution in [0.2, 0.25) is 0 Å². The monoisotopic (exact) mass is 193 g/mol. The Kier molecular flexibility index (Phi) is 3.25. The first-order valence-electron chi connectivity index (χ1n) is 4.61. The predicted molar refractivity (Wildman–Crippen MR) is 51.3 cm³/mol. The molecule has 1 aromatic rings. The lowest BCUT2D eigenvalue weighted by Gasteiger charge is -2.11. The van der Waals surface area contributed by atoms with Crippen LogP contribution in [-0.2, 0) is 11.2 Å². The number of aryl methyl sites for hydroxylation is 2. The number of aliphatic carboxylic acids is 1. The van der Waals surface area contributed by atoms with Crippen molar-refractivity contribution in [3.8, 4) is 0 Å². The number of hydrogen-bond acceptors (Lipinski definition) is 2. The second-order valence-corrected chi connectivity index (χ2v) is 3.65. The average molecular weight is 193 g/mol. The standard InChI is InChI=1S/C11H15NO2/c1-7-3-4-8(2)9(5-7)6-10(12)11(13)14/h3-5,10H,6,12H2,1-2H3,(H,13,14)/t10-/m1/s1. The Morgan fingerprint density at radius 2 is 2.14 bits per heavy atom. The summed E-state index contributed by atoms with van der Waals surface area (Å²) in [5.41, 5.74) is 6.82. The number of quaternary nitrogens is 1. The van der Waals surface area contributed by atoms with Crippen LogP contribution in [0.3, 0.4) is 0 Å². The van der Waals surface area contributed by atoms with E-state index in [2.05, 4.69) is 5.73 Å². The van der Waals surface area contributed by atoms with E-state index < -0.39 is 12.0 Å². The highest BCUT2D eigenvalue weighted by Gasteiger charge is 2.10. The summed E-state index contributed by atoms with van der Waals surface area (Å²) in [5, 5.41) is 10.5. The molecular formula is C11H15NO2. The van der Waals surface area contributed by atoms with E-state index in [9.17, 15) is 9.90 Å². The molecule has 0 aliphatic rings. The molecule has 0 saturated heterocycles. The third kappa shape index (κ3) is 2.57. The maximum atomic E-state index is 10.5. The van der Waals surface area contributed by atoms with Crippen molar-refractivity contribution >= 4 is 5.97 Å². The number of rotatable bonds is 3. The molecule has 0 bridgehead atoms. The molecule has 0 aliphatic heterocycles. The van der Waals surface area contributed by atoms with Crippen molar-refractivity contribution < 1.29 is 15.6 Å². The summed E-state index contributed by atoms with van der Waals surface area (Å²) in [6.07, 6.45) is 0.440. The normalized spacial score (nSPS) is 12.5. The minimum absolute atomic E-state index is 0.440. The maximum absolute atomic E-state index is 10.5. The molecule has 0 unspecified atom stereocenters. The molecule has 3 nitrogen and oxygen atoms in total. The Balaban J connectivity index is 2.85. The molecule has 0 heterocycles. The lowest BCUT2D eigenvalue weighted by molar-refractivity contribution is -0.437. The van der Waals surface area contributed by atoms with E-state index in [0.717, 1.165) is 16.7 Å². The number of carbonyl (C=O) groups excluding carboxylic acids is 1. The fourth-order valence-corrected chi connectivity index (χ4v) is 1.37. The molecule has 3 heteroatoms. The quantitative estimate of drug-likeness (QED) is 0.683. The Bertz CT molecular complexity index is 347. The molecule has 0 amide bonds. The SMILES string of the molecule is Cc1ccc(C)c(C[C@@H]([NH3+])C(=O)[O-])c1. The molecule has 14 heavy (non-hydrogen) atoms. The van der Waals surface area contributed by atoms with Crippen LogP contribution >= 0.6 is 0 Å². The van der Waals surface area contributed by atoms with Crippen molar-refractivity contribution in [3.05, 3.63) is 34.9 Å². The van der Waals surface area contributed by atoms with Gasteiger partial charge in [-0.05, 0) is 25.0 Å². The van der Waals surface area contributed by atoms with Gasteiger partial charge >= 0.3 is 0 Å². The summed E-state index contributed by atoms with van der Waals surface area (Å²) in [7, 11) is 0. The van der Waals surface area contributed by atoms with Crippen LogP contribution in [0, 0.1) is 13.8 Å². The van der Waals surface area contributed by atoms with Crippen molar-refractivity contribution in [3.63, 3.8) is 0 Å². The second-order valence-electron chi connectivity index (χ2n) is 3.65. The van der Waals surface area contributed by atoms with Gasteiger partial charge in [-0.2, -0.15) is 0 Å². The first kappa shape index (κ1) is 10.7. The van der Waals surface area contributed by atoms with E-state index in [0.29, 0.717) is 6.42 Å². The molecule has 0 saturated carbocycles. The zero-order chi connectivity index (χ0) is 10.7. The molecule has 1 aromatic carbocycles. The highest BCUT2D eigenvalue weighted by atomic mass is 16.4. The molecule has 0 aromatic heterocycles. The summed E-state index contributed by atoms with van der Waals surface area (Å²) in [6, 6.07) is 5.33. The van der Waals surface area contributed by atoms with Crippen molar-refractivity contribution in [2.45, 2.75) is 26.3 Å². The lowest BCUT2D eigenvalue weighted by atomic mass is 9.99. The van der Waals surface area contributed by atoms with Gasteiger partial charge < -0.3 is 15.6 Å². The van der Waals surface area contributed by atoms with Gasteiger partial charge in [0.05, 0.1) is 5.97 Å². The predicted octanol–water partition coefficient (Wildman–Crippen LogP) is -0.794. The molecule has 1 atom stereocenters. The summed E-state index contributed by atoms with van der Waals surface area (Å²) in [4.78, 5) is 10.5. The Labute approximate surface area is 83.6 Å². The zero-order valence-corrected chi connectivity index (χ0v) is 8.54. The highest BCUT2D eigenvalue weighted by Crippen LogP contribution is 2.11. The number of benzene rings is 1. The van der Waals surface area contributed by atoms with Crippen molar-refractivity contribution in [2.24, 2.45) is 0 Å². The minimum Gasteiger partial charge on any atom is -0.544 e. The number of carboxylic acid groups (broad SMARTS) is 1. The number of hydrogen-bond donors (Lipinski definition) is 1. The van der Waals surface area contributed by atoms with E-state index in [-0.39, 0.29) is 0 Å². The molecule has 0 spiro atoms. The van der Waals surface area contributed by atoms with Crippen LogP contribution in [-0.4, -0.2) is 12.0 Å². The summed E-state index contributed by atoms with van der Waals surface area (Å²) in [5.74, 6) is -1.09. The Morgan fingerprint density at radius 1 is 1.50 bits per heavy atom. The minimum atomic E-state index is -1.09. The maximum Gasteiger partial charge on any atom is 0.129 e. The molecule has 0 fully saturated rings. The van der Waals surface area contributed by atoms with Crippen LogP contribution in [0.15, 0.2) is 18.2 Å². The highest BCUT2D eigenvalue weighted by molar-refractivity contribution is 5.69. The largest absolute Gasteiger partial charge is 0.544 e. The lowest BCUT2D eigenvalue weighted by Crippen LogP contribution is -2.69. The molecule has 3 N–H and O–H groups in total. The Morgan fingerprint density at radius 3 is 2.71 bits per heavy atom. The average Bonchev–Trinajstić information content (AvgIpc) is 2.11. The molecule has 0 radical (unpaired) electrons. The van der Waals surface area contributed by atoms with E-state index >= 15 is 0 Å². The third-order valence-electron chi connectivity index (χ3n) is 2.30. The van der Waals surface area contributed by atoms with Gasteiger partial charge in [-0.25, -0.2) is 0 Å². The van der Waals surface area contributed by atoms with Crippen LogP contribution in [0.4, 0.5) is 0 Å². The van der Waals surface area contributed by atoms with E-state index in [1.54, 1.807) is 0 Å². The van der Waals surface area contributed by atoms with Crippen molar-refractivity contribution in [1.29, 1.82) is 0 Å². The van der Waals surface area contributed by atoms with Crippen LogP contribution < -0.4 is 10.8 Å². The van der Waals surface area contributed by atoms with Crippen LogP contribution in [0.1, 0.15) is 16.7 Å². The summed E-state index contributed by atoms with van der Waals surface area (Å²) >= 11 is 0. The fourth-order valence-electron chi connectivity index (χ4n) is 1.37. The van der Waals surface area contributed by atoms with Gasteiger partial charge in [0, 0.05) is 6.42 Å². The van der Waals surface area contributed by atoms with Gasteiger partial charge in [-0.1, -0.05) is 23.8 Å². The van der Waals surface area contributed by atoms with Gasteiger partial charge in [0.25, 0.3) is 0 Å². The van der Waals surface area contributed by atoms with Gasteiger partial charge in [0.15, 0.2) is 0 Å². The number of carbonyl (C=O) groups is 1. The fraction of sp³-hybridized carbons (Fsp3) is 0.364. The van der Waals surface area contributed by atoms with Gasteiger partial charge in [-0.3, -0.25) is 0 Å². The van der Waals surface area contributed by atoms with E-state index in [4.69, 9.17) is 0 Å². The summed E-state index contributed by atoms with van der Waals surface area (Å²) in [6.45, 7) is 3.96. The van der Waals surface area contributed by atoms with Gasteiger partial charge in [-0.15, -0.1) is 0 Å². The second kappa shape index (κ2) is 4.24. The first-order chi connectivity index (χ1) is 6.50. The molecule has 76 valence electrons. The molecule has 0 aliphatic carbocycles. The topological polar surface area (TPSA) is 67.8 Å². The van der Waals surface area contributed by atoms with Gasteiger partial charge in [0.2, 0.25) is 0 Å². The molecule has 1 rings (SSSR count). The Hall–Kier alpha value is -1.35. The van der Waals surface area contributed by atoms with Crippen LogP contribution in [0.25, 0.3) is 0 Å². The van der Waals surface area contributed by atoms with Crippen LogP contribution in [0.5, 0.6) is 0 Å². The smallest absolute Gasteiger partial charge is 0.129 e.